The van der Waals surface area contributed by atoms with Gasteiger partial charge in [-0.2, -0.15) is 0 Å². The molecule has 4 nitrogen and oxygen atoms in total. The van der Waals surface area contributed by atoms with Crippen LogP contribution in [0.1, 0.15) is 18.5 Å². The zero-order valence-corrected chi connectivity index (χ0v) is 10.7. The van der Waals surface area contributed by atoms with Crippen LogP contribution in [0.3, 0.4) is 0 Å². The van der Waals surface area contributed by atoms with Crippen LogP contribution in [0.25, 0.3) is 0 Å². The number of pyridine rings is 1. The van der Waals surface area contributed by atoms with E-state index < -0.39 is 0 Å². The molecule has 1 saturated heterocycles. The third kappa shape index (κ3) is 2.65. The number of hydrogen-bond acceptors (Lipinski definition) is 4. The summed E-state index contributed by atoms with van der Waals surface area (Å²) in [4.78, 5) is 6.41. The molecule has 1 aliphatic rings. The van der Waals surface area contributed by atoms with Gasteiger partial charge in [-0.25, -0.2) is 0 Å². The first-order valence-electron chi connectivity index (χ1n) is 5.85. The van der Waals surface area contributed by atoms with Crippen LogP contribution in [0.5, 0.6) is 0 Å². The Hall–Kier alpha value is -0.970. The number of hydrogen-bond donors (Lipinski definition) is 0. The van der Waals surface area contributed by atoms with Crippen LogP contribution in [-0.2, 0) is 9.47 Å². The summed E-state index contributed by atoms with van der Waals surface area (Å²) in [5.74, 6) is 0. The van der Waals surface area contributed by atoms with Gasteiger partial charge in [-0.3, -0.25) is 4.98 Å². The molecule has 1 aromatic heterocycles. The fraction of sp³-hybridized carbons (Fsp3) is 0.615. The monoisotopic (exact) mass is 236 g/mol. The number of ether oxygens (including phenoxy) is 2. The zero-order valence-electron chi connectivity index (χ0n) is 10.7. The summed E-state index contributed by atoms with van der Waals surface area (Å²) in [5, 5.41) is 0. The van der Waals surface area contributed by atoms with Crippen LogP contribution in [0, 0.1) is 5.41 Å². The van der Waals surface area contributed by atoms with Crippen molar-refractivity contribution in [3.05, 3.63) is 30.1 Å². The second-order valence-corrected chi connectivity index (χ2v) is 5.12. The van der Waals surface area contributed by atoms with Crippen molar-refractivity contribution in [1.82, 2.24) is 9.88 Å². The lowest BCUT2D eigenvalue weighted by atomic mass is 9.79. The van der Waals surface area contributed by atoms with Gasteiger partial charge < -0.3 is 14.4 Å². The van der Waals surface area contributed by atoms with Crippen LogP contribution in [0.2, 0.25) is 0 Å². The second kappa shape index (κ2) is 5.12. The fourth-order valence-electron chi connectivity index (χ4n) is 2.67. The Kier molecular flexibility index (Phi) is 3.76. The first-order chi connectivity index (χ1) is 8.13. The summed E-state index contributed by atoms with van der Waals surface area (Å²) in [6.07, 6.45) is 3.72. The Balaban J connectivity index is 2.28. The van der Waals surface area contributed by atoms with Crippen molar-refractivity contribution in [3.63, 3.8) is 0 Å². The lowest BCUT2D eigenvalue weighted by Gasteiger charge is -2.43. The Labute approximate surface area is 103 Å². The number of rotatable bonds is 3. The summed E-state index contributed by atoms with van der Waals surface area (Å²) in [5.41, 5.74) is 1.17. The molecule has 1 atom stereocenters. The van der Waals surface area contributed by atoms with Gasteiger partial charge in [0, 0.05) is 23.9 Å². The summed E-state index contributed by atoms with van der Waals surface area (Å²) in [6.45, 7) is 4.03. The molecular formula is C13H20N2O2. The Morgan fingerprint density at radius 1 is 1.35 bits per heavy atom. The molecule has 0 aliphatic carbocycles. The first kappa shape index (κ1) is 12.5. The van der Waals surface area contributed by atoms with Gasteiger partial charge >= 0.3 is 0 Å². The molecule has 4 heteroatoms. The summed E-state index contributed by atoms with van der Waals surface area (Å²) in [7, 11) is 4.16. The van der Waals surface area contributed by atoms with Gasteiger partial charge in [0.2, 0.25) is 0 Å². The molecule has 2 rings (SSSR count). The van der Waals surface area contributed by atoms with E-state index in [4.69, 9.17) is 9.47 Å². The molecule has 17 heavy (non-hydrogen) atoms. The third-order valence-corrected chi connectivity index (χ3v) is 3.21. The van der Waals surface area contributed by atoms with Crippen molar-refractivity contribution in [2.45, 2.75) is 13.0 Å². The van der Waals surface area contributed by atoms with Gasteiger partial charge in [-0.1, -0.05) is 13.0 Å². The topological polar surface area (TPSA) is 34.6 Å². The lowest BCUT2D eigenvalue weighted by molar-refractivity contribution is -0.177. The SMILES string of the molecule is CN(C)C(c1cccnc1)C1(C)COCOC1. The highest BCUT2D eigenvalue weighted by Gasteiger charge is 2.39. The maximum Gasteiger partial charge on any atom is 0.146 e. The Morgan fingerprint density at radius 3 is 2.59 bits per heavy atom. The van der Waals surface area contributed by atoms with E-state index in [9.17, 15) is 0 Å². The molecule has 1 aromatic rings. The molecule has 0 spiro atoms. The van der Waals surface area contributed by atoms with Crippen LogP contribution < -0.4 is 0 Å². The Bertz CT molecular complexity index is 348. The quantitative estimate of drug-likeness (QED) is 0.800. The van der Waals surface area contributed by atoms with Crippen LogP contribution in [0.4, 0.5) is 0 Å². The Morgan fingerprint density at radius 2 is 2.06 bits per heavy atom. The predicted molar refractivity (Wildman–Crippen MR) is 65.5 cm³/mol. The molecule has 94 valence electrons. The number of nitrogens with zero attached hydrogens (tertiary/aromatic N) is 2. The highest BCUT2D eigenvalue weighted by molar-refractivity contribution is 5.17. The minimum Gasteiger partial charge on any atom is -0.355 e. The van der Waals surface area contributed by atoms with E-state index in [0.717, 1.165) is 0 Å². The minimum absolute atomic E-state index is 0.0369. The molecule has 1 unspecified atom stereocenters. The highest BCUT2D eigenvalue weighted by Crippen LogP contribution is 2.39. The standard InChI is InChI=1S/C13H20N2O2/c1-13(8-16-10-17-9-13)12(15(2)3)11-5-4-6-14-7-11/h4-7,12H,8-10H2,1-3H3. The van der Waals surface area contributed by atoms with E-state index >= 15 is 0 Å². The van der Waals surface area contributed by atoms with Gasteiger partial charge in [-0.05, 0) is 25.7 Å². The first-order valence-corrected chi connectivity index (χ1v) is 5.85. The van der Waals surface area contributed by atoms with Crippen LogP contribution >= 0.6 is 0 Å². The fourth-order valence-corrected chi connectivity index (χ4v) is 2.67. The van der Waals surface area contributed by atoms with Gasteiger partial charge in [0.25, 0.3) is 0 Å². The van der Waals surface area contributed by atoms with Gasteiger partial charge in [0.1, 0.15) is 6.79 Å². The van der Waals surface area contributed by atoms with Crippen LogP contribution in [-0.4, -0.2) is 44.0 Å². The van der Waals surface area contributed by atoms with Crippen LogP contribution in [0.15, 0.2) is 24.5 Å². The van der Waals surface area contributed by atoms with E-state index in [1.807, 2.05) is 12.3 Å². The molecule has 1 fully saturated rings. The maximum absolute atomic E-state index is 5.47. The van der Waals surface area contributed by atoms with E-state index in [1.54, 1.807) is 6.20 Å². The third-order valence-electron chi connectivity index (χ3n) is 3.21. The molecular weight excluding hydrogens is 216 g/mol. The normalized spacial score (nSPS) is 21.4. The summed E-state index contributed by atoms with van der Waals surface area (Å²) >= 11 is 0. The smallest absolute Gasteiger partial charge is 0.146 e. The van der Waals surface area contributed by atoms with E-state index in [0.29, 0.717) is 20.0 Å². The molecule has 1 aliphatic heterocycles. The molecule has 0 aromatic carbocycles. The summed E-state index contributed by atoms with van der Waals surface area (Å²) < 4.78 is 10.9. The molecule has 0 radical (unpaired) electrons. The average molecular weight is 236 g/mol. The lowest BCUT2D eigenvalue weighted by Crippen LogP contribution is -2.45. The van der Waals surface area contributed by atoms with Crippen molar-refractivity contribution in [3.8, 4) is 0 Å². The van der Waals surface area contributed by atoms with E-state index in [-0.39, 0.29) is 11.5 Å². The minimum atomic E-state index is -0.0369. The van der Waals surface area contributed by atoms with Crippen molar-refractivity contribution >= 4 is 0 Å². The molecule has 0 bridgehead atoms. The highest BCUT2D eigenvalue weighted by atomic mass is 16.7. The van der Waals surface area contributed by atoms with Crippen molar-refractivity contribution < 1.29 is 9.47 Å². The van der Waals surface area contributed by atoms with E-state index in [1.165, 1.54) is 5.56 Å². The maximum atomic E-state index is 5.47. The summed E-state index contributed by atoms with van der Waals surface area (Å²) in [6, 6.07) is 4.33. The molecule has 2 heterocycles. The largest absolute Gasteiger partial charge is 0.355 e. The van der Waals surface area contributed by atoms with Gasteiger partial charge in [0.05, 0.1) is 13.2 Å². The van der Waals surface area contributed by atoms with Crippen molar-refractivity contribution in [1.29, 1.82) is 0 Å². The average Bonchev–Trinajstić information content (AvgIpc) is 2.30. The zero-order chi connectivity index (χ0) is 12.3. The molecule has 0 saturated carbocycles. The van der Waals surface area contributed by atoms with Gasteiger partial charge in [-0.15, -0.1) is 0 Å². The van der Waals surface area contributed by atoms with Crippen molar-refractivity contribution in [2.24, 2.45) is 5.41 Å². The number of aromatic nitrogens is 1. The second-order valence-electron chi connectivity index (χ2n) is 5.12. The van der Waals surface area contributed by atoms with E-state index in [2.05, 4.69) is 37.0 Å². The van der Waals surface area contributed by atoms with Gasteiger partial charge in [0.15, 0.2) is 0 Å². The molecule has 0 amide bonds. The van der Waals surface area contributed by atoms with Crippen molar-refractivity contribution in [2.75, 3.05) is 34.1 Å². The molecule has 0 N–H and O–H groups in total. The predicted octanol–water partition coefficient (Wildman–Crippen LogP) is 1.69.